The van der Waals surface area contributed by atoms with Crippen molar-refractivity contribution in [3.8, 4) is 0 Å². The Morgan fingerprint density at radius 3 is 2.89 bits per heavy atom. The Balaban J connectivity index is 2.62. The van der Waals surface area contributed by atoms with Crippen molar-refractivity contribution in [2.24, 2.45) is 0 Å². The van der Waals surface area contributed by atoms with Gasteiger partial charge in [-0.25, -0.2) is 4.68 Å². The van der Waals surface area contributed by atoms with Gasteiger partial charge in [-0.05, 0) is 43.0 Å². The van der Waals surface area contributed by atoms with Crippen LogP contribution in [0.4, 0.5) is 5.69 Å². The number of nitrogens with one attached hydrogen (secondary N) is 1. The molecule has 102 valence electrons. The molecule has 0 aliphatic heterocycles. The quantitative estimate of drug-likeness (QED) is 0.710. The van der Waals surface area contributed by atoms with Crippen molar-refractivity contribution >= 4 is 21.6 Å². The van der Waals surface area contributed by atoms with Gasteiger partial charge in [-0.2, -0.15) is 5.10 Å². The van der Waals surface area contributed by atoms with E-state index < -0.39 is 0 Å². The number of anilines is 1. The first-order chi connectivity index (χ1) is 8.56. The summed E-state index contributed by atoms with van der Waals surface area (Å²) in [4.78, 5) is 13.9. The summed E-state index contributed by atoms with van der Waals surface area (Å²) in [5, 5.41) is 15.9. The van der Waals surface area contributed by atoms with E-state index in [1.807, 2.05) is 14.1 Å². The van der Waals surface area contributed by atoms with E-state index in [4.69, 9.17) is 5.11 Å². The van der Waals surface area contributed by atoms with Crippen molar-refractivity contribution in [2.75, 3.05) is 39.1 Å². The van der Waals surface area contributed by atoms with Gasteiger partial charge in [-0.15, -0.1) is 0 Å². The van der Waals surface area contributed by atoms with Gasteiger partial charge >= 0.3 is 0 Å². The molecule has 18 heavy (non-hydrogen) atoms. The Morgan fingerprint density at radius 2 is 2.28 bits per heavy atom. The number of rotatable bonds is 7. The topological polar surface area (TPSA) is 70.4 Å². The molecule has 0 atom stereocenters. The first-order valence-electron chi connectivity index (χ1n) is 5.81. The summed E-state index contributed by atoms with van der Waals surface area (Å²) in [6.07, 6.45) is 2.58. The molecule has 7 heteroatoms. The highest BCUT2D eigenvalue weighted by Crippen LogP contribution is 2.15. The molecule has 0 unspecified atom stereocenters. The standard InChI is InChI=1S/C11H19BrN4O2/c1-15(2)5-3-4-13-9-8-14-16(6-7-17)11(18)10(9)12/h8,13,17H,3-7H2,1-2H3. The number of hydrogen-bond acceptors (Lipinski definition) is 5. The minimum absolute atomic E-state index is 0.102. The average Bonchev–Trinajstić information content (AvgIpc) is 2.33. The summed E-state index contributed by atoms with van der Waals surface area (Å²) in [6, 6.07) is 0. The molecule has 0 bridgehead atoms. The van der Waals surface area contributed by atoms with Crippen molar-refractivity contribution in [1.82, 2.24) is 14.7 Å². The van der Waals surface area contributed by atoms with Crippen molar-refractivity contribution in [2.45, 2.75) is 13.0 Å². The first-order valence-corrected chi connectivity index (χ1v) is 6.60. The van der Waals surface area contributed by atoms with Gasteiger partial charge in [0.2, 0.25) is 0 Å². The molecule has 0 spiro atoms. The van der Waals surface area contributed by atoms with E-state index in [0.717, 1.165) is 19.5 Å². The molecule has 1 rings (SSSR count). The monoisotopic (exact) mass is 318 g/mol. The Morgan fingerprint density at radius 1 is 1.56 bits per heavy atom. The third kappa shape index (κ3) is 4.40. The molecule has 6 nitrogen and oxygen atoms in total. The van der Waals surface area contributed by atoms with Crippen LogP contribution in [0.3, 0.4) is 0 Å². The van der Waals surface area contributed by atoms with E-state index in [9.17, 15) is 4.79 Å². The average molecular weight is 319 g/mol. The molecule has 1 aromatic rings. The smallest absolute Gasteiger partial charge is 0.283 e. The zero-order valence-electron chi connectivity index (χ0n) is 10.7. The van der Waals surface area contributed by atoms with Gasteiger partial charge in [0.25, 0.3) is 5.56 Å². The van der Waals surface area contributed by atoms with Gasteiger partial charge in [0.05, 0.1) is 25.0 Å². The molecular formula is C11H19BrN4O2. The lowest BCUT2D eigenvalue weighted by molar-refractivity contribution is 0.266. The van der Waals surface area contributed by atoms with Crippen molar-refractivity contribution in [3.63, 3.8) is 0 Å². The summed E-state index contributed by atoms with van der Waals surface area (Å²) >= 11 is 3.25. The summed E-state index contributed by atoms with van der Waals surface area (Å²) in [6.45, 7) is 1.87. The van der Waals surface area contributed by atoms with E-state index in [1.165, 1.54) is 4.68 Å². The van der Waals surface area contributed by atoms with Crippen molar-refractivity contribution in [1.29, 1.82) is 0 Å². The molecule has 0 radical (unpaired) electrons. The van der Waals surface area contributed by atoms with Crippen LogP contribution >= 0.6 is 15.9 Å². The Bertz CT molecular complexity index is 434. The number of halogens is 1. The van der Waals surface area contributed by atoms with Crippen molar-refractivity contribution in [3.05, 3.63) is 21.0 Å². The molecule has 0 aliphatic carbocycles. The second kappa shape index (κ2) is 7.50. The summed E-state index contributed by atoms with van der Waals surface area (Å²) < 4.78 is 1.69. The zero-order valence-corrected chi connectivity index (χ0v) is 12.3. The van der Waals surface area contributed by atoms with Gasteiger partial charge < -0.3 is 15.3 Å². The Hall–Kier alpha value is -0.920. The van der Waals surface area contributed by atoms with E-state index in [2.05, 4.69) is 31.2 Å². The van der Waals surface area contributed by atoms with E-state index in [0.29, 0.717) is 10.2 Å². The van der Waals surface area contributed by atoms with Gasteiger partial charge in [0.1, 0.15) is 4.47 Å². The van der Waals surface area contributed by atoms with Crippen LogP contribution in [0.1, 0.15) is 6.42 Å². The molecule has 0 saturated carbocycles. The lowest BCUT2D eigenvalue weighted by Gasteiger charge is -2.12. The van der Waals surface area contributed by atoms with Crippen LogP contribution in [0.15, 0.2) is 15.5 Å². The maximum atomic E-state index is 11.8. The van der Waals surface area contributed by atoms with Gasteiger partial charge in [0.15, 0.2) is 0 Å². The molecule has 1 aromatic heterocycles. The van der Waals surface area contributed by atoms with Gasteiger partial charge in [-0.1, -0.05) is 0 Å². The van der Waals surface area contributed by atoms with E-state index in [1.54, 1.807) is 6.20 Å². The molecule has 0 amide bonds. The number of aromatic nitrogens is 2. The van der Waals surface area contributed by atoms with Crippen LogP contribution in [0, 0.1) is 0 Å². The number of nitrogens with zero attached hydrogens (tertiary/aromatic N) is 3. The highest BCUT2D eigenvalue weighted by Gasteiger charge is 2.07. The fraction of sp³-hybridized carbons (Fsp3) is 0.636. The zero-order chi connectivity index (χ0) is 13.5. The van der Waals surface area contributed by atoms with Crippen molar-refractivity contribution < 1.29 is 5.11 Å². The highest BCUT2D eigenvalue weighted by atomic mass is 79.9. The van der Waals surface area contributed by atoms with E-state index in [-0.39, 0.29) is 18.7 Å². The largest absolute Gasteiger partial charge is 0.394 e. The molecular weight excluding hydrogens is 300 g/mol. The second-order valence-corrected chi connectivity index (χ2v) is 5.00. The van der Waals surface area contributed by atoms with Gasteiger partial charge in [0, 0.05) is 6.54 Å². The predicted octanol–water partition coefficient (Wildman–Crippen LogP) is 0.362. The third-order valence-corrected chi connectivity index (χ3v) is 3.16. The summed E-state index contributed by atoms with van der Waals surface area (Å²) in [5.74, 6) is 0. The maximum absolute atomic E-state index is 11.8. The molecule has 0 aliphatic rings. The number of aliphatic hydroxyl groups is 1. The lowest BCUT2D eigenvalue weighted by atomic mass is 10.3. The second-order valence-electron chi connectivity index (χ2n) is 4.21. The van der Waals surface area contributed by atoms with E-state index >= 15 is 0 Å². The fourth-order valence-corrected chi connectivity index (χ4v) is 1.91. The fourth-order valence-electron chi connectivity index (χ4n) is 1.46. The maximum Gasteiger partial charge on any atom is 0.283 e. The number of hydrogen-bond donors (Lipinski definition) is 2. The van der Waals surface area contributed by atoms with Gasteiger partial charge in [-0.3, -0.25) is 4.79 Å². The molecule has 0 fully saturated rings. The molecule has 2 N–H and O–H groups in total. The van der Waals surface area contributed by atoms with Crippen LogP contribution < -0.4 is 10.9 Å². The molecule has 0 aromatic carbocycles. The Kier molecular flexibility index (Phi) is 6.31. The predicted molar refractivity (Wildman–Crippen MR) is 74.9 cm³/mol. The van der Waals surface area contributed by atoms with Crippen LogP contribution in [0.2, 0.25) is 0 Å². The minimum atomic E-state index is -0.235. The third-order valence-electron chi connectivity index (χ3n) is 2.39. The van der Waals surface area contributed by atoms with Crippen LogP contribution in [-0.4, -0.2) is 53.6 Å². The van der Waals surface area contributed by atoms with Crippen LogP contribution in [-0.2, 0) is 6.54 Å². The molecule has 1 heterocycles. The number of aliphatic hydroxyl groups excluding tert-OH is 1. The normalized spacial score (nSPS) is 10.9. The summed E-state index contributed by atoms with van der Waals surface area (Å²) in [5.41, 5.74) is 0.453. The van der Waals surface area contributed by atoms with Crippen LogP contribution in [0.25, 0.3) is 0 Å². The first kappa shape index (κ1) is 15.1. The molecule has 0 saturated heterocycles. The summed E-state index contributed by atoms with van der Waals surface area (Å²) in [7, 11) is 4.04. The lowest BCUT2D eigenvalue weighted by Crippen LogP contribution is -2.26. The Labute approximate surface area is 115 Å². The minimum Gasteiger partial charge on any atom is -0.394 e. The van der Waals surface area contributed by atoms with Crippen LogP contribution in [0.5, 0.6) is 0 Å². The highest BCUT2D eigenvalue weighted by molar-refractivity contribution is 9.10. The SMILES string of the molecule is CN(C)CCCNc1cnn(CCO)c(=O)c1Br.